The molecule has 9 nitrogen and oxygen atoms in total. The summed E-state index contributed by atoms with van der Waals surface area (Å²) >= 11 is 0. The molecule has 4 heterocycles. The van der Waals surface area contributed by atoms with Crippen LogP contribution in [0.1, 0.15) is 24.7 Å². The Morgan fingerprint density at radius 2 is 1.94 bits per heavy atom. The van der Waals surface area contributed by atoms with E-state index in [1.807, 2.05) is 28.8 Å². The molecule has 0 unspecified atom stereocenters. The highest BCUT2D eigenvalue weighted by atomic mass is 19.4. The molecule has 1 saturated heterocycles. The number of rotatable bonds is 5. The summed E-state index contributed by atoms with van der Waals surface area (Å²) in [6, 6.07) is 7.71. The highest BCUT2D eigenvalue weighted by Crippen LogP contribution is 2.30. The lowest BCUT2D eigenvalue weighted by atomic mass is 10.0. The van der Waals surface area contributed by atoms with Crippen LogP contribution in [0.3, 0.4) is 0 Å². The fraction of sp³-hybridized carbons (Fsp3) is 0.429. The Bertz CT molecular complexity index is 1350. The quantitative estimate of drug-likeness (QED) is 0.475. The maximum absolute atomic E-state index is 12.5. The van der Waals surface area contributed by atoms with Crippen LogP contribution in [0.5, 0.6) is 0 Å². The third-order valence-corrected chi connectivity index (χ3v) is 6.09. The van der Waals surface area contributed by atoms with Gasteiger partial charge in [-0.15, -0.1) is 0 Å². The van der Waals surface area contributed by atoms with E-state index in [1.54, 1.807) is 11.6 Å². The number of aromatic amines is 1. The number of halogens is 3. The van der Waals surface area contributed by atoms with E-state index in [-0.39, 0.29) is 18.3 Å². The molecule has 4 aromatic rings. The number of fused-ring (bicyclic) bond motifs is 2. The van der Waals surface area contributed by atoms with Gasteiger partial charge in [0.25, 0.3) is 0 Å². The van der Waals surface area contributed by atoms with Crippen molar-refractivity contribution in [1.29, 1.82) is 0 Å². The van der Waals surface area contributed by atoms with E-state index < -0.39 is 12.7 Å². The third-order valence-electron chi connectivity index (χ3n) is 6.09. The molecule has 174 valence electrons. The van der Waals surface area contributed by atoms with Crippen molar-refractivity contribution in [3.05, 3.63) is 46.9 Å². The molecular formula is C21H23F3N8O. The van der Waals surface area contributed by atoms with Crippen molar-refractivity contribution in [2.75, 3.05) is 24.5 Å². The van der Waals surface area contributed by atoms with Gasteiger partial charge in [-0.2, -0.15) is 13.2 Å². The Labute approximate surface area is 186 Å². The average molecular weight is 460 g/mol. The zero-order chi connectivity index (χ0) is 23.2. The van der Waals surface area contributed by atoms with Crippen LogP contribution >= 0.6 is 0 Å². The first-order valence-electron chi connectivity index (χ1n) is 10.7. The number of aryl methyl sites for hydroxylation is 1. The molecule has 12 heteroatoms. The second kappa shape index (κ2) is 8.18. The van der Waals surface area contributed by atoms with Crippen molar-refractivity contribution >= 4 is 28.0 Å². The summed E-state index contributed by atoms with van der Waals surface area (Å²) in [5.74, 6) is 1.11. The van der Waals surface area contributed by atoms with Crippen molar-refractivity contribution in [1.82, 2.24) is 34.4 Å². The van der Waals surface area contributed by atoms with E-state index >= 15 is 0 Å². The van der Waals surface area contributed by atoms with Crippen molar-refractivity contribution in [3.8, 4) is 0 Å². The van der Waals surface area contributed by atoms with E-state index in [4.69, 9.17) is 0 Å². The molecule has 0 bridgehead atoms. The van der Waals surface area contributed by atoms with Gasteiger partial charge in [-0.05, 0) is 25.0 Å². The minimum atomic E-state index is -4.29. The largest absolute Gasteiger partial charge is 0.401 e. The predicted octanol–water partition coefficient (Wildman–Crippen LogP) is 2.50. The van der Waals surface area contributed by atoms with Gasteiger partial charge in [0.05, 0.1) is 24.1 Å². The van der Waals surface area contributed by atoms with E-state index in [2.05, 4.69) is 30.2 Å². The Morgan fingerprint density at radius 3 is 2.70 bits per heavy atom. The number of hydrogen-bond donors (Lipinski definition) is 2. The summed E-state index contributed by atoms with van der Waals surface area (Å²) in [7, 11) is 1.73. The summed E-state index contributed by atoms with van der Waals surface area (Å²) < 4.78 is 40.9. The smallest absolute Gasteiger partial charge is 0.355 e. The summed E-state index contributed by atoms with van der Waals surface area (Å²) in [4.78, 5) is 30.8. The van der Waals surface area contributed by atoms with E-state index in [9.17, 15) is 18.0 Å². The lowest BCUT2D eigenvalue weighted by molar-refractivity contribution is -0.125. The van der Waals surface area contributed by atoms with Gasteiger partial charge in [0.15, 0.2) is 17.0 Å². The zero-order valence-electron chi connectivity index (χ0n) is 17.9. The van der Waals surface area contributed by atoms with Gasteiger partial charge < -0.3 is 19.8 Å². The first-order valence-corrected chi connectivity index (χ1v) is 10.7. The van der Waals surface area contributed by atoms with Gasteiger partial charge in [0.1, 0.15) is 12.2 Å². The number of nitrogens with one attached hydrogen (secondary N) is 2. The van der Waals surface area contributed by atoms with E-state index in [0.29, 0.717) is 35.9 Å². The molecule has 0 aliphatic carbocycles. The number of imidazole rings is 2. The minimum absolute atomic E-state index is 0.0304. The number of piperidine rings is 1. The summed E-state index contributed by atoms with van der Waals surface area (Å²) in [6.45, 7) is 0.217. The van der Waals surface area contributed by atoms with Crippen molar-refractivity contribution in [2.45, 2.75) is 31.6 Å². The molecule has 0 radical (unpaired) electrons. The summed E-state index contributed by atoms with van der Waals surface area (Å²) in [5.41, 5.74) is 2.73. The lowest BCUT2D eigenvalue weighted by Gasteiger charge is -2.33. The summed E-state index contributed by atoms with van der Waals surface area (Å²) in [5, 5.41) is 2.38. The topological polar surface area (TPSA) is 96.7 Å². The standard InChI is InChI=1S/C21H23F3N8O/c1-30-16(10-25-11-21(22,23)24)29-17-18(30)26-12-27-19(17)31-8-6-13(7-9-31)32-15-5-3-2-4-14(15)28-20(32)33/h2-5,12-13,25H,6-11H2,1H3,(H,28,33). The predicted molar refractivity (Wildman–Crippen MR) is 117 cm³/mol. The van der Waals surface area contributed by atoms with Gasteiger partial charge in [-0.1, -0.05) is 12.1 Å². The van der Waals surface area contributed by atoms with Gasteiger partial charge in [0, 0.05) is 26.2 Å². The first-order chi connectivity index (χ1) is 15.8. The number of nitrogens with zero attached hydrogens (tertiary/aromatic N) is 6. The maximum Gasteiger partial charge on any atom is 0.401 e. The van der Waals surface area contributed by atoms with Crippen molar-refractivity contribution < 1.29 is 13.2 Å². The molecule has 5 rings (SSSR count). The molecule has 0 spiro atoms. The van der Waals surface area contributed by atoms with Crippen LogP contribution < -0.4 is 15.9 Å². The number of anilines is 1. The van der Waals surface area contributed by atoms with Crippen LogP contribution in [0.2, 0.25) is 0 Å². The molecule has 0 saturated carbocycles. The maximum atomic E-state index is 12.5. The van der Waals surface area contributed by atoms with E-state index in [1.165, 1.54) is 6.33 Å². The molecule has 0 amide bonds. The normalized spacial score (nSPS) is 15.7. The molecule has 1 aliphatic heterocycles. The Kier molecular flexibility index (Phi) is 5.31. The van der Waals surface area contributed by atoms with Gasteiger partial charge in [-0.3, -0.25) is 4.57 Å². The number of para-hydroxylation sites is 2. The molecule has 3 aromatic heterocycles. The van der Waals surface area contributed by atoms with Crippen LogP contribution in [0.15, 0.2) is 35.4 Å². The number of aromatic nitrogens is 6. The highest BCUT2D eigenvalue weighted by Gasteiger charge is 2.28. The fourth-order valence-electron chi connectivity index (χ4n) is 4.51. The van der Waals surface area contributed by atoms with Crippen LogP contribution in [-0.2, 0) is 13.6 Å². The van der Waals surface area contributed by atoms with E-state index in [0.717, 1.165) is 23.9 Å². The van der Waals surface area contributed by atoms with Gasteiger partial charge in [0.2, 0.25) is 0 Å². The van der Waals surface area contributed by atoms with Crippen LogP contribution in [0.25, 0.3) is 22.2 Å². The van der Waals surface area contributed by atoms with Gasteiger partial charge >= 0.3 is 11.9 Å². The molecule has 0 atom stereocenters. The number of alkyl halides is 3. The monoisotopic (exact) mass is 460 g/mol. The Balaban J connectivity index is 1.36. The molecule has 33 heavy (non-hydrogen) atoms. The number of H-pyrrole nitrogens is 1. The second-order valence-corrected chi connectivity index (χ2v) is 8.21. The molecule has 1 fully saturated rings. The lowest BCUT2D eigenvalue weighted by Crippen LogP contribution is -2.37. The van der Waals surface area contributed by atoms with Crippen LogP contribution in [0, 0.1) is 0 Å². The molecule has 2 N–H and O–H groups in total. The minimum Gasteiger partial charge on any atom is -0.355 e. The molecular weight excluding hydrogens is 437 g/mol. The summed E-state index contributed by atoms with van der Waals surface area (Å²) in [6.07, 6.45) is -1.34. The number of benzene rings is 1. The zero-order valence-corrected chi connectivity index (χ0v) is 17.9. The number of hydrogen-bond acceptors (Lipinski definition) is 6. The highest BCUT2D eigenvalue weighted by molar-refractivity contribution is 5.84. The van der Waals surface area contributed by atoms with Crippen LogP contribution in [0.4, 0.5) is 19.0 Å². The Hall–Kier alpha value is -3.41. The second-order valence-electron chi connectivity index (χ2n) is 8.21. The molecule has 1 aromatic carbocycles. The Morgan fingerprint density at radius 1 is 1.18 bits per heavy atom. The SMILES string of the molecule is Cn1c(CNCC(F)(F)F)nc2c(N3CCC(n4c(=O)[nH]c5ccccc54)CC3)ncnc21. The van der Waals surface area contributed by atoms with Gasteiger partial charge in [-0.25, -0.2) is 19.7 Å². The van der Waals surface area contributed by atoms with Crippen molar-refractivity contribution in [3.63, 3.8) is 0 Å². The fourth-order valence-corrected chi connectivity index (χ4v) is 4.51. The first kappa shape index (κ1) is 21.4. The third kappa shape index (κ3) is 4.06. The molecule has 1 aliphatic rings. The van der Waals surface area contributed by atoms with Crippen LogP contribution in [-0.4, -0.2) is 54.9 Å². The average Bonchev–Trinajstić information content (AvgIpc) is 3.29. The van der Waals surface area contributed by atoms with Crippen molar-refractivity contribution in [2.24, 2.45) is 7.05 Å².